The van der Waals surface area contributed by atoms with Gasteiger partial charge in [-0.15, -0.1) is 0 Å². The van der Waals surface area contributed by atoms with E-state index >= 15 is 0 Å². The highest BCUT2D eigenvalue weighted by Crippen LogP contribution is 2.29. The van der Waals surface area contributed by atoms with Gasteiger partial charge in [-0.1, -0.05) is 30.3 Å². The van der Waals surface area contributed by atoms with Crippen molar-refractivity contribution in [2.75, 3.05) is 5.32 Å². The number of rotatable bonds is 3. The summed E-state index contributed by atoms with van der Waals surface area (Å²) in [5.74, 6) is 0.599. The van der Waals surface area contributed by atoms with Crippen LogP contribution >= 0.6 is 0 Å². The highest BCUT2D eigenvalue weighted by atomic mass is 15.0. The van der Waals surface area contributed by atoms with Gasteiger partial charge < -0.3 is 5.32 Å². The van der Waals surface area contributed by atoms with E-state index in [-0.39, 0.29) is 0 Å². The summed E-state index contributed by atoms with van der Waals surface area (Å²) in [6.07, 6.45) is 0. The minimum absolute atomic E-state index is 0.542. The molecule has 1 N–H and O–H groups in total. The van der Waals surface area contributed by atoms with E-state index < -0.39 is 0 Å². The van der Waals surface area contributed by atoms with Crippen LogP contribution in [-0.2, 0) is 0 Å². The molecule has 2 aromatic carbocycles. The van der Waals surface area contributed by atoms with Crippen molar-refractivity contribution in [3.05, 3.63) is 76.5 Å². The number of hydrogen-bond donors (Lipinski definition) is 1. The number of anilines is 2. The number of nitrogens with one attached hydrogen (secondary N) is 1. The predicted octanol–water partition coefficient (Wildman–Crippen LogP) is 5.60. The molecule has 0 bridgehead atoms. The minimum atomic E-state index is 0.542. The molecule has 0 amide bonds. The first-order valence-electron chi connectivity index (χ1n) is 8.31. The Morgan fingerprint density at radius 3 is 2.16 bits per heavy atom. The van der Waals surface area contributed by atoms with Gasteiger partial charge >= 0.3 is 0 Å². The Labute approximate surface area is 149 Å². The van der Waals surface area contributed by atoms with Gasteiger partial charge in [0.1, 0.15) is 11.9 Å². The van der Waals surface area contributed by atoms with Crippen LogP contribution in [0.15, 0.2) is 48.5 Å². The first kappa shape index (κ1) is 16.7. The van der Waals surface area contributed by atoms with Crippen molar-refractivity contribution in [2.24, 2.45) is 0 Å². The SMILES string of the molecule is Cc1cc(Nc2nc(C)c(-c3ccccc3)cc2C#N)cc(C)c1C. The molecular weight excluding hydrogens is 306 g/mol. The molecule has 3 nitrogen and oxygen atoms in total. The Bertz CT molecular complexity index is 944. The maximum absolute atomic E-state index is 9.58. The van der Waals surface area contributed by atoms with E-state index in [1.807, 2.05) is 43.3 Å². The molecule has 0 saturated heterocycles. The minimum Gasteiger partial charge on any atom is -0.339 e. The molecule has 124 valence electrons. The molecule has 0 saturated carbocycles. The molecule has 0 unspecified atom stereocenters. The summed E-state index contributed by atoms with van der Waals surface area (Å²) in [5, 5.41) is 12.9. The van der Waals surface area contributed by atoms with Crippen LogP contribution in [0, 0.1) is 39.0 Å². The van der Waals surface area contributed by atoms with Crippen LogP contribution in [-0.4, -0.2) is 4.98 Å². The van der Waals surface area contributed by atoms with Crippen LogP contribution in [0.2, 0.25) is 0 Å². The number of aromatic nitrogens is 1. The zero-order chi connectivity index (χ0) is 18.0. The quantitative estimate of drug-likeness (QED) is 0.681. The van der Waals surface area contributed by atoms with E-state index in [0.717, 1.165) is 22.5 Å². The van der Waals surface area contributed by atoms with Crippen molar-refractivity contribution in [1.29, 1.82) is 5.26 Å². The number of pyridine rings is 1. The van der Waals surface area contributed by atoms with E-state index in [9.17, 15) is 5.26 Å². The summed E-state index contributed by atoms with van der Waals surface area (Å²) in [6, 6.07) is 18.4. The largest absolute Gasteiger partial charge is 0.339 e. The maximum Gasteiger partial charge on any atom is 0.148 e. The average Bonchev–Trinajstić information content (AvgIpc) is 2.60. The fourth-order valence-corrected chi connectivity index (χ4v) is 2.94. The fraction of sp³-hybridized carbons (Fsp3) is 0.182. The number of hydrogen-bond acceptors (Lipinski definition) is 3. The standard InChI is InChI=1S/C22H21N3/c1-14-10-20(11-15(2)16(14)3)25-22-19(13-23)12-21(17(4)24-22)18-8-6-5-7-9-18/h5-12H,1-4H3,(H,24,25). The molecular formula is C22H21N3. The van der Waals surface area contributed by atoms with Gasteiger partial charge in [-0.2, -0.15) is 5.26 Å². The second kappa shape index (κ2) is 6.78. The number of nitrogens with zero attached hydrogens (tertiary/aromatic N) is 2. The number of benzene rings is 2. The summed E-state index contributed by atoms with van der Waals surface area (Å²) in [6.45, 7) is 8.28. The molecule has 0 atom stereocenters. The molecule has 25 heavy (non-hydrogen) atoms. The maximum atomic E-state index is 9.58. The van der Waals surface area contributed by atoms with Gasteiger partial charge in [-0.25, -0.2) is 4.98 Å². The molecule has 0 aliphatic carbocycles. The second-order valence-corrected chi connectivity index (χ2v) is 6.36. The van der Waals surface area contributed by atoms with Gasteiger partial charge in [0.05, 0.1) is 5.56 Å². The molecule has 3 aromatic rings. The molecule has 0 radical (unpaired) electrons. The van der Waals surface area contributed by atoms with Gasteiger partial charge in [0, 0.05) is 16.9 Å². The van der Waals surface area contributed by atoms with Crippen LogP contribution in [0.4, 0.5) is 11.5 Å². The van der Waals surface area contributed by atoms with Crippen molar-refractivity contribution in [3.63, 3.8) is 0 Å². The monoisotopic (exact) mass is 327 g/mol. The highest BCUT2D eigenvalue weighted by Gasteiger charge is 2.12. The van der Waals surface area contributed by atoms with Crippen molar-refractivity contribution in [2.45, 2.75) is 27.7 Å². The smallest absolute Gasteiger partial charge is 0.148 e. The number of aryl methyl sites for hydroxylation is 3. The molecule has 0 fully saturated rings. The third kappa shape index (κ3) is 3.39. The molecule has 3 rings (SSSR count). The molecule has 3 heteroatoms. The lowest BCUT2D eigenvalue weighted by molar-refractivity contribution is 1.18. The second-order valence-electron chi connectivity index (χ2n) is 6.36. The molecule has 0 aliphatic heterocycles. The van der Waals surface area contributed by atoms with Crippen molar-refractivity contribution in [1.82, 2.24) is 4.98 Å². The normalized spacial score (nSPS) is 10.4. The van der Waals surface area contributed by atoms with Crippen LogP contribution in [0.5, 0.6) is 0 Å². The molecule has 1 aromatic heterocycles. The lowest BCUT2D eigenvalue weighted by atomic mass is 10.0. The number of nitriles is 1. The lowest BCUT2D eigenvalue weighted by Gasteiger charge is -2.14. The summed E-state index contributed by atoms with van der Waals surface area (Å²) in [5.41, 5.74) is 8.17. The Kier molecular flexibility index (Phi) is 4.54. The summed E-state index contributed by atoms with van der Waals surface area (Å²) < 4.78 is 0. The topological polar surface area (TPSA) is 48.7 Å². The zero-order valence-corrected chi connectivity index (χ0v) is 15.0. The molecule has 1 heterocycles. The van der Waals surface area contributed by atoms with Crippen molar-refractivity contribution < 1.29 is 0 Å². The fourth-order valence-electron chi connectivity index (χ4n) is 2.94. The summed E-state index contributed by atoms with van der Waals surface area (Å²) >= 11 is 0. The first-order valence-corrected chi connectivity index (χ1v) is 8.31. The van der Waals surface area contributed by atoms with Crippen LogP contribution in [0.1, 0.15) is 27.9 Å². The summed E-state index contributed by atoms with van der Waals surface area (Å²) in [7, 11) is 0. The lowest BCUT2D eigenvalue weighted by Crippen LogP contribution is -2.01. The Morgan fingerprint density at radius 1 is 0.920 bits per heavy atom. The van der Waals surface area contributed by atoms with E-state index in [0.29, 0.717) is 11.4 Å². The molecule has 0 spiro atoms. The van der Waals surface area contributed by atoms with Crippen LogP contribution in [0.25, 0.3) is 11.1 Å². The van der Waals surface area contributed by atoms with E-state index in [1.165, 1.54) is 16.7 Å². The average molecular weight is 327 g/mol. The van der Waals surface area contributed by atoms with Gasteiger partial charge in [0.15, 0.2) is 0 Å². The van der Waals surface area contributed by atoms with Crippen LogP contribution < -0.4 is 5.32 Å². The third-order valence-corrected chi connectivity index (χ3v) is 4.61. The van der Waals surface area contributed by atoms with Crippen molar-refractivity contribution in [3.8, 4) is 17.2 Å². The Hall–Kier alpha value is -3.12. The van der Waals surface area contributed by atoms with Gasteiger partial charge in [-0.05, 0) is 68.1 Å². The van der Waals surface area contributed by atoms with E-state index in [4.69, 9.17) is 0 Å². The van der Waals surface area contributed by atoms with E-state index in [1.54, 1.807) is 0 Å². The van der Waals surface area contributed by atoms with Crippen LogP contribution in [0.3, 0.4) is 0 Å². The summed E-state index contributed by atoms with van der Waals surface area (Å²) in [4.78, 5) is 4.66. The zero-order valence-electron chi connectivity index (χ0n) is 15.0. The molecule has 0 aliphatic rings. The van der Waals surface area contributed by atoms with Crippen molar-refractivity contribution >= 4 is 11.5 Å². The highest BCUT2D eigenvalue weighted by molar-refractivity contribution is 5.73. The third-order valence-electron chi connectivity index (χ3n) is 4.61. The van der Waals surface area contributed by atoms with Gasteiger partial charge in [-0.3, -0.25) is 0 Å². The Morgan fingerprint density at radius 2 is 1.56 bits per heavy atom. The van der Waals surface area contributed by atoms with E-state index in [2.05, 4.69) is 49.3 Å². The first-order chi connectivity index (χ1) is 12.0. The van der Waals surface area contributed by atoms with Gasteiger partial charge in [0.2, 0.25) is 0 Å². The predicted molar refractivity (Wildman–Crippen MR) is 103 cm³/mol. The Balaban J connectivity index is 2.03. The van der Waals surface area contributed by atoms with Gasteiger partial charge in [0.25, 0.3) is 0 Å².